The van der Waals surface area contributed by atoms with Crippen molar-refractivity contribution in [1.82, 2.24) is 9.62 Å². The minimum atomic E-state index is -3.62. The van der Waals surface area contributed by atoms with Gasteiger partial charge in [0.2, 0.25) is 10.0 Å². The Balaban J connectivity index is 1.50. The molecule has 3 atom stereocenters. The van der Waals surface area contributed by atoms with E-state index in [1.165, 1.54) is 5.56 Å². The first-order valence-electron chi connectivity index (χ1n) is 8.54. The van der Waals surface area contributed by atoms with Gasteiger partial charge in [-0.15, -0.1) is 11.3 Å². The molecule has 2 heterocycles. The Labute approximate surface area is 158 Å². The van der Waals surface area contributed by atoms with Gasteiger partial charge in [0.1, 0.15) is 4.21 Å². The molecule has 8 heteroatoms. The maximum Gasteiger partial charge on any atom is 0.250 e. The molecule has 1 aliphatic rings. The molecule has 6 nitrogen and oxygen atoms in total. The van der Waals surface area contributed by atoms with Crippen molar-refractivity contribution in [2.24, 2.45) is 0 Å². The van der Waals surface area contributed by atoms with Gasteiger partial charge in [-0.25, -0.2) is 13.1 Å². The topological polar surface area (TPSA) is 78.9 Å². The molecule has 26 heavy (non-hydrogen) atoms. The van der Waals surface area contributed by atoms with E-state index in [0.29, 0.717) is 6.54 Å². The van der Waals surface area contributed by atoms with Crippen LogP contribution < -0.4 is 4.72 Å². The van der Waals surface area contributed by atoms with Gasteiger partial charge in [-0.3, -0.25) is 0 Å². The second-order valence-electron chi connectivity index (χ2n) is 6.52. The molecule has 1 aliphatic heterocycles. The van der Waals surface area contributed by atoms with Gasteiger partial charge < -0.3 is 14.7 Å². The molecule has 3 unspecified atom stereocenters. The van der Waals surface area contributed by atoms with E-state index >= 15 is 0 Å². The highest BCUT2D eigenvalue weighted by Crippen LogP contribution is 2.20. The molecular formula is C18H24N2O4S2. The Morgan fingerprint density at radius 1 is 1.27 bits per heavy atom. The molecule has 1 aromatic heterocycles. The van der Waals surface area contributed by atoms with Gasteiger partial charge in [-0.1, -0.05) is 36.4 Å². The van der Waals surface area contributed by atoms with E-state index in [1.807, 2.05) is 25.2 Å². The van der Waals surface area contributed by atoms with Crippen LogP contribution in [0.15, 0.2) is 52.1 Å². The smallest absolute Gasteiger partial charge is 0.250 e. The van der Waals surface area contributed by atoms with Crippen molar-refractivity contribution in [1.29, 1.82) is 0 Å². The van der Waals surface area contributed by atoms with Crippen LogP contribution in [0.1, 0.15) is 5.56 Å². The average Bonchev–Trinajstić information content (AvgIpc) is 3.27. The number of nitrogens with zero attached hydrogens (tertiary/aromatic N) is 1. The standard InChI is InChI=1S/C18H24N2O4S2/c1-20(10-9-14-6-3-2-4-7-14)12-16-18(21)15(13-24-16)19-26(22,23)17-8-5-11-25-17/h2-8,11,15-16,18-19,21H,9-10,12-13H2,1H3. The van der Waals surface area contributed by atoms with Crippen molar-refractivity contribution in [2.45, 2.75) is 28.9 Å². The lowest BCUT2D eigenvalue weighted by Crippen LogP contribution is -2.46. The summed E-state index contributed by atoms with van der Waals surface area (Å²) in [7, 11) is -1.64. The second kappa shape index (κ2) is 8.60. The van der Waals surface area contributed by atoms with Crippen molar-refractivity contribution in [2.75, 3.05) is 26.7 Å². The van der Waals surface area contributed by atoms with Gasteiger partial charge in [-0.05, 0) is 30.5 Å². The largest absolute Gasteiger partial charge is 0.389 e. The summed E-state index contributed by atoms with van der Waals surface area (Å²) in [6.07, 6.45) is -0.370. The lowest BCUT2D eigenvalue weighted by molar-refractivity contribution is 0.0207. The number of nitrogens with one attached hydrogen (secondary N) is 1. The molecule has 1 aromatic carbocycles. The average molecular weight is 397 g/mol. The van der Waals surface area contributed by atoms with Crippen LogP contribution in [0.3, 0.4) is 0 Å². The van der Waals surface area contributed by atoms with Crippen molar-refractivity contribution in [3.8, 4) is 0 Å². The second-order valence-corrected chi connectivity index (χ2v) is 9.41. The van der Waals surface area contributed by atoms with E-state index in [9.17, 15) is 13.5 Å². The quantitative estimate of drug-likeness (QED) is 0.704. The van der Waals surface area contributed by atoms with Crippen LogP contribution in [0, 0.1) is 0 Å². The lowest BCUT2D eigenvalue weighted by atomic mass is 10.1. The summed E-state index contributed by atoms with van der Waals surface area (Å²) in [6, 6.07) is 12.8. The van der Waals surface area contributed by atoms with Crippen molar-refractivity contribution in [3.63, 3.8) is 0 Å². The summed E-state index contributed by atoms with van der Waals surface area (Å²) in [5.74, 6) is 0. The highest BCUT2D eigenvalue weighted by Gasteiger charge is 2.38. The molecule has 0 aliphatic carbocycles. The van der Waals surface area contributed by atoms with Crippen molar-refractivity contribution >= 4 is 21.4 Å². The number of hydrogen-bond donors (Lipinski definition) is 2. The minimum absolute atomic E-state index is 0.170. The normalized spacial score (nSPS) is 23.6. The highest BCUT2D eigenvalue weighted by atomic mass is 32.2. The third-order valence-corrected chi connectivity index (χ3v) is 7.35. The van der Waals surface area contributed by atoms with Crippen LogP contribution in [-0.2, 0) is 21.2 Å². The molecule has 2 aromatic rings. The summed E-state index contributed by atoms with van der Waals surface area (Å²) >= 11 is 1.15. The van der Waals surface area contributed by atoms with Gasteiger partial charge >= 0.3 is 0 Å². The fraction of sp³-hybridized carbons (Fsp3) is 0.444. The predicted octanol–water partition coefficient (Wildman–Crippen LogP) is 1.33. The van der Waals surface area contributed by atoms with Crippen molar-refractivity contribution < 1.29 is 18.3 Å². The fourth-order valence-electron chi connectivity index (χ4n) is 2.98. The Morgan fingerprint density at radius 3 is 2.73 bits per heavy atom. The van der Waals surface area contributed by atoms with Gasteiger partial charge in [0.05, 0.1) is 24.9 Å². The molecule has 0 radical (unpaired) electrons. The monoisotopic (exact) mass is 396 g/mol. The van der Waals surface area contributed by atoms with Crippen LogP contribution >= 0.6 is 11.3 Å². The molecule has 142 valence electrons. The lowest BCUT2D eigenvalue weighted by Gasteiger charge is -2.23. The molecular weight excluding hydrogens is 372 g/mol. The predicted molar refractivity (Wildman–Crippen MR) is 102 cm³/mol. The number of aliphatic hydroxyl groups excluding tert-OH is 1. The van der Waals surface area contributed by atoms with Gasteiger partial charge in [0, 0.05) is 13.1 Å². The van der Waals surface area contributed by atoms with Gasteiger partial charge in [-0.2, -0.15) is 0 Å². The zero-order valence-corrected chi connectivity index (χ0v) is 16.2. The molecule has 0 saturated carbocycles. The summed E-state index contributed by atoms with van der Waals surface area (Å²) in [4.78, 5) is 2.09. The highest BCUT2D eigenvalue weighted by molar-refractivity contribution is 7.91. The Bertz CT molecular complexity index is 781. The van der Waals surface area contributed by atoms with Crippen LogP contribution in [-0.4, -0.2) is 63.4 Å². The molecule has 1 fully saturated rings. The molecule has 3 rings (SSSR count). The summed E-state index contributed by atoms with van der Waals surface area (Å²) < 4.78 is 33.1. The molecule has 0 spiro atoms. The van der Waals surface area contributed by atoms with Crippen molar-refractivity contribution in [3.05, 3.63) is 53.4 Å². The number of likely N-dealkylation sites (N-methyl/N-ethyl adjacent to an activating group) is 1. The Kier molecular flexibility index (Phi) is 6.44. The SMILES string of the molecule is CN(CCc1ccccc1)CC1OCC(NS(=O)(=O)c2cccs2)C1O. The minimum Gasteiger partial charge on any atom is -0.389 e. The number of benzene rings is 1. The number of hydrogen-bond acceptors (Lipinski definition) is 6. The Hall–Kier alpha value is -1.29. The number of rotatable bonds is 8. The van der Waals surface area contributed by atoms with Gasteiger partial charge in [0.25, 0.3) is 0 Å². The van der Waals surface area contributed by atoms with E-state index in [0.717, 1.165) is 24.3 Å². The molecule has 1 saturated heterocycles. The first kappa shape index (κ1) is 19.5. The number of thiophene rings is 1. The number of sulfonamides is 1. The maximum absolute atomic E-state index is 12.3. The first-order chi connectivity index (χ1) is 12.5. The van der Waals surface area contributed by atoms with E-state index in [4.69, 9.17) is 4.74 Å². The Morgan fingerprint density at radius 2 is 2.04 bits per heavy atom. The number of aliphatic hydroxyl groups is 1. The summed E-state index contributed by atoms with van der Waals surface area (Å²) in [6.45, 7) is 1.55. The zero-order chi connectivity index (χ0) is 18.6. The zero-order valence-electron chi connectivity index (χ0n) is 14.6. The molecule has 0 amide bonds. The van der Waals surface area contributed by atoms with E-state index in [-0.39, 0.29) is 10.8 Å². The summed E-state index contributed by atoms with van der Waals surface area (Å²) in [5.41, 5.74) is 1.26. The third kappa shape index (κ3) is 4.91. The summed E-state index contributed by atoms with van der Waals surface area (Å²) in [5, 5.41) is 12.2. The van der Waals surface area contributed by atoms with E-state index in [1.54, 1.807) is 17.5 Å². The van der Waals surface area contributed by atoms with Crippen LogP contribution in [0.4, 0.5) is 0 Å². The van der Waals surface area contributed by atoms with E-state index in [2.05, 4.69) is 21.8 Å². The van der Waals surface area contributed by atoms with Crippen LogP contribution in [0.2, 0.25) is 0 Å². The number of ether oxygens (including phenoxy) is 1. The van der Waals surface area contributed by atoms with E-state index < -0.39 is 28.3 Å². The van der Waals surface area contributed by atoms with Gasteiger partial charge in [0.15, 0.2) is 0 Å². The molecule has 0 bridgehead atoms. The maximum atomic E-state index is 12.3. The van der Waals surface area contributed by atoms with Crippen LogP contribution in [0.25, 0.3) is 0 Å². The first-order valence-corrected chi connectivity index (χ1v) is 10.9. The van der Waals surface area contributed by atoms with Crippen LogP contribution in [0.5, 0.6) is 0 Å². The third-order valence-electron chi connectivity index (χ3n) is 4.47. The molecule has 2 N–H and O–H groups in total. The fourth-order valence-corrected chi connectivity index (χ4v) is 5.23.